The fraction of sp³-hybridized carbons (Fsp3) is 0.562. The normalized spacial score (nSPS) is 17.9. The molecule has 0 aliphatic carbocycles. The van der Waals surface area contributed by atoms with Gasteiger partial charge in [0, 0.05) is 32.4 Å². The Morgan fingerprint density at radius 1 is 1.46 bits per heavy atom. The number of furan rings is 1. The first-order chi connectivity index (χ1) is 11.7. The van der Waals surface area contributed by atoms with E-state index in [1.165, 1.54) is 0 Å². The highest BCUT2D eigenvalue weighted by Gasteiger charge is 2.24. The molecule has 0 saturated carbocycles. The van der Waals surface area contributed by atoms with Crippen molar-refractivity contribution in [1.82, 2.24) is 30.5 Å². The molecule has 2 N–H and O–H groups in total. The Morgan fingerprint density at radius 2 is 2.38 bits per heavy atom. The summed E-state index contributed by atoms with van der Waals surface area (Å²) >= 11 is 0. The van der Waals surface area contributed by atoms with Crippen molar-refractivity contribution in [2.45, 2.75) is 32.5 Å². The number of urea groups is 1. The zero-order valence-electron chi connectivity index (χ0n) is 13.9. The largest absolute Gasteiger partial charge is 0.467 e. The minimum atomic E-state index is -0.0365. The standard InChI is InChI=1S/C16H24N6O2/c1-17-8-14-12-22(20-19-14)11-13-4-2-6-21(10-13)16(23)18-9-15-5-3-7-24-15/h3,5,7,12-13,17H,2,4,6,8-11H2,1H3,(H,18,23). The van der Waals surface area contributed by atoms with Crippen LogP contribution in [0.15, 0.2) is 29.0 Å². The molecule has 3 heterocycles. The van der Waals surface area contributed by atoms with Gasteiger partial charge in [-0.05, 0) is 37.9 Å². The summed E-state index contributed by atoms with van der Waals surface area (Å²) in [5.41, 5.74) is 0.932. The molecule has 8 nitrogen and oxygen atoms in total. The highest BCUT2D eigenvalue weighted by atomic mass is 16.3. The number of nitrogens with one attached hydrogen (secondary N) is 2. The molecule has 2 aromatic heterocycles. The number of carbonyl (C=O) groups excluding carboxylic acids is 1. The van der Waals surface area contributed by atoms with Gasteiger partial charge in [0.25, 0.3) is 0 Å². The van der Waals surface area contributed by atoms with E-state index < -0.39 is 0 Å². The van der Waals surface area contributed by atoms with Gasteiger partial charge in [0.1, 0.15) is 5.76 Å². The molecule has 130 valence electrons. The maximum Gasteiger partial charge on any atom is 0.317 e. The number of carbonyl (C=O) groups is 1. The van der Waals surface area contributed by atoms with Crippen LogP contribution in [0.2, 0.25) is 0 Å². The zero-order valence-corrected chi connectivity index (χ0v) is 13.9. The van der Waals surface area contributed by atoms with Gasteiger partial charge in [0.05, 0.1) is 18.5 Å². The molecule has 8 heteroatoms. The predicted octanol–water partition coefficient (Wildman–Crippen LogP) is 1.21. The number of aromatic nitrogens is 3. The second-order valence-electron chi connectivity index (χ2n) is 6.15. The molecule has 0 spiro atoms. The third-order valence-corrected chi connectivity index (χ3v) is 4.19. The monoisotopic (exact) mass is 332 g/mol. The van der Waals surface area contributed by atoms with Gasteiger partial charge in [-0.2, -0.15) is 0 Å². The molecular formula is C16H24N6O2. The van der Waals surface area contributed by atoms with Crippen molar-refractivity contribution in [3.8, 4) is 0 Å². The molecule has 24 heavy (non-hydrogen) atoms. The molecule has 1 saturated heterocycles. The number of hydrogen-bond donors (Lipinski definition) is 2. The number of rotatable bonds is 6. The highest BCUT2D eigenvalue weighted by Crippen LogP contribution is 2.18. The van der Waals surface area contributed by atoms with Crippen LogP contribution >= 0.6 is 0 Å². The van der Waals surface area contributed by atoms with Crippen LogP contribution in [0, 0.1) is 5.92 Å². The fourth-order valence-electron chi connectivity index (χ4n) is 3.04. The van der Waals surface area contributed by atoms with Gasteiger partial charge in [-0.3, -0.25) is 4.68 Å². The van der Waals surface area contributed by atoms with E-state index in [1.54, 1.807) is 6.26 Å². The first-order valence-electron chi connectivity index (χ1n) is 8.33. The van der Waals surface area contributed by atoms with E-state index in [-0.39, 0.29) is 6.03 Å². The first kappa shape index (κ1) is 16.5. The summed E-state index contributed by atoms with van der Waals surface area (Å²) in [5, 5.41) is 14.3. The van der Waals surface area contributed by atoms with Gasteiger partial charge in [0.2, 0.25) is 0 Å². The van der Waals surface area contributed by atoms with Crippen LogP contribution in [0.4, 0.5) is 4.79 Å². The highest BCUT2D eigenvalue weighted by molar-refractivity contribution is 5.74. The summed E-state index contributed by atoms with van der Waals surface area (Å²) < 4.78 is 7.11. The third-order valence-electron chi connectivity index (χ3n) is 4.19. The van der Waals surface area contributed by atoms with E-state index in [9.17, 15) is 4.79 Å². The molecule has 1 fully saturated rings. The van der Waals surface area contributed by atoms with Gasteiger partial charge in [-0.1, -0.05) is 5.21 Å². The van der Waals surface area contributed by atoms with Gasteiger partial charge in [-0.15, -0.1) is 5.10 Å². The Labute approximate surface area is 141 Å². The lowest BCUT2D eigenvalue weighted by Crippen LogP contribution is -2.46. The summed E-state index contributed by atoms with van der Waals surface area (Å²) in [6.07, 6.45) is 5.69. The van der Waals surface area contributed by atoms with E-state index in [0.29, 0.717) is 19.0 Å². The summed E-state index contributed by atoms with van der Waals surface area (Å²) in [5.74, 6) is 1.16. The Bertz CT molecular complexity index is 639. The second kappa shape index (κ2) is 7.96. The first-order valence-corrected chi connectivity index (χ1v) is 8.33. The van der Waals surface area contributed by atoms with Crippen LogP contribution in [0.1, 0.15) is 24.3 Å². The van der Waals surface area contributed by atoms with E-state index in [1.807, 2.05) is 35.0 Å². The van der Waals surface area contributed by atoms with Gasteiger partial charge in [-0.25, -0.2) is 4.79 Å². The van der Waals surface area contributed by atoms with Crippen molar-refractivity contribution < 1.29 is 9.21 Å². The molecule has 1 aliphatic heterocycles. The van der Waals surface area contributed by atoms with Crippen LogP contribution in [-0.2, 0) is 19.6 Å². The molecule has 1 unspecified atom stereocenters. The van der Waals surface area contributed by atoms with Crippen molar-refractivity contribution in [3.63, 3.8) is 0 Å². The predicted molar refractivity (Wildman–Crippen MR) is 88.0 cm³/mol. The summed E-state index contributed by atoms with van der Waals surface area (Å²) in [7, 11) is 1.89. The summed E-state index contributed by atoms with van der Waals surface area (Å²) in [6.45, 7) is 3.46. The SMILES string of the molecule is CNCc1cn(CC2CCCN(C(=O)NCc3ccco3)C2)nn1. The third kappa shape index (κ3) is 4.35. The van der Waals surface area contributed by atoms with E-state index in [4.69, 9.17) is 4.42 Å². The Hall–Kier alpha value is -2.35. The van der Waals surface area contributed by atoms with Crippen molar-refractivity contribution >= 4 is 6.03 Å². The van der Waals surface area contributed by atoms with Gasteiger partial charge in [0.15, 0.2) is 0 Å². The van der Waals surface area contributed by atoms with E-state index in [2.05, 4.69) is 20.9 Å². The molecule has 1 aliphatic rings. The van der Waals surface area contributed by atoms with Crippen molar-refractivity contribution in [2.24, 2.45) is 5.92 Å². The number of piperidine rings is 1. The van der Waals surface area contributed by atoms with Crippen LogP contribution in [0.3, 0.4) is 0 Å². The van der Waals surface area contributed by atoms with Crippen LogP contribution in [-0.4, -0.2) is 46.1 Å². The lowest BCUT2D eigenvalue weighted by molar-refractivity contribution is 0.156. The Morgan fingerprint density at radius 3 is 3.17 bits per heavy atom. The molecule has 2 aromatic rings. The van der Waals surface area contributed by atoms with Crippen molar-refractivity contribution in [2.75, 3.05) is 20.1 Å². The minimum absolute atomic E-state index is 0.0365. The number of likely N-dealkylation sites (tertiary alicyclic amines) is 1. The molecule has 2 amide bonds. The lowest BCUT2D eigenvalue weighted by Gasteiger charge is -2.32. The van der Waals surface area contributed by atoms with Crippen LogP contribution in [0.5, 0.6) is 0 Å². The number of amides is 2. The molecular weight excluding hydrogens is 308 g/mol. The number of nitrogens with zero attached hydrogens (tertiary/aromatic N) is 4. The van der Waals surface area contributed by atoms with E-state index >= 15 is 0 Å². The second-order valence-corrected chi connectivity index (χ2v) is 6.15. The van der Waals surface area contributed by atoms with Crippen molar-refractivity contribution in [3.05, 3.63) is 36.0 Å². The molecule has 1 atom stereocenters. The van der Waals surface area contributed by atoms with Crippen molar-refractivity contribution in [1.29, 1.82) is 0 Å². The smallest absolute Gasteiger partial charge is 0.317 e. The van der Waals surface area contributed by atoms with Gasteiger partial charge < -0.3 is 20.0 Å². The fourth-order valence-corrected chi connectivity index (χ4v) is 3.04. The maximum atomic E-state index is 12.3. The molecule has 0 aromatic carbocycles. The lowest BCUT2D eigenvalue weighted by atomic mass is 9.98. The molecule has 0 bridgehead atoms. The minimum Gasteiger partial charge on any atom is -0.467 e. The van der Waals surface area contributed by atoms with Gasteiger partial charge >= 0.3 is 6.03 Å². The van der Waals surface area contributed by atoms with Crippen LogP contribution in [0.25, 0.3) is 0 Å². The average Bonchev–Trinajstić information content (AvgIpc) is 3.25. The Balaban J connectivity index is 1.48. The van der Waals surface area contributed by atoms with E-state index in [0.717, 1.165) is 43.9 Å². The average molecular weight is 332 g/mol. The van der Waals surface area contributed by atoms with Crippen LogP contribution < -0.4 is 10.6 Å². The summed E-state index contributed by atoms with van der Waals surface area (Å²) in [6, 6.07) is 3.64. The molecule has 3 rings (SSSR count). The Kier molecular flexibility index (Phi) is 5.47. The quantitative estimate of drug-likeness (QED) is 0.830. The zero-order chi connectivity index (χ0) is 16.8. The molecule has 0 radical (unpaired) electrons. The number of hydrogen-bond acceptors (Lipinski definition) is 5. The topological polar surface area (TPSA) is 88.2 Å². The maximum absolute atomic E-state index is 12.3. The summed E-state index contributed by atoms with van der Waals surface area (Å²) in [4.78, 5) is 14.2.